The van der Waals surface area contributed by atoms with Gasteiger partial charge in [0, 0.05) is 37.7 Å². The minimum atomic E-state index is -0.865. The van der Waals surface area contributed by atoms with Gasteiger partial charge in [0.2, 0.25) is 0 Å². The van der Waals surface area contributed by atoms with Crippen LogP contribution in [0.3, 0.4) is 0 Å². The van der Waals surface area contributed by atoms with Crippen molar-refractivity contribution in [1.82, 2.24) is 19.7 Å². The summed E-state index contributed by atoms with van der Waals surface area (Å²) < 4.78 is 7.22. The number of aromatic nitrogens is 4. The number of hydrogen-bond donors (Lipinski definition) is 2. The Balaban J connectivity index is 1.25. The predicted octanol–water partition coefficient (Wildman–Crippen LogP) is 3.11. The fraction of sp³-hybridized carbons (Fsp3) is 0.462. The maximum absolute atomic E-state index is 11.7. The van der Waals surface area contributed by atoms with Crippen molar-refractivity contribution >= 4 is 17.5 Å². The number of carboxylic acid groups (broad SMARTS) is 1. The van der Waals surface area contributed by atoms with Crippen molar-refractivity contribution in [3.8, 4) is 0 Å². The highest BCUT2D eigenvalue weighted by atomic mass is 16.5. The number of nitrogens with zero attached hydrogens (tertiary/aromatic N) is 5. The molecule has 0 bridgehead atoms. The van der Waals surface area contributed by atoms with Crippen LogP contribution in [0.15, 0.2) is 42.9 Å². The van der Waals surface area contributed by atoms with E-state index in [1.165, 1.54) is 5.56 Å². The third-order valence-electron chi connectivity index (χ3n) is 6.67. The Labute approximate surface area is 205 Å². The molecule has 0 amide bonds. The number of nitrogens with one attached hydrogen (secondary N) is 1. The second kappa shape index (κ2) is 10.9. The number of aryl methyl sites for hydroxylation is 3. The molecule has 5 heterocycles. The standard InChI is InChI=1S/C26H32N6O3/c33-25(34)16-24(20-15-23(18-27-17-20)31-11-13-35-14-12-31)32-10-8-22(30-32)5-1-4-21-7-6-19-3-2-9-28-26(19)29-21/h6-8,10,15,17-18,24H,1-5,9,11-14,16H2,(H,28,29)(H,33,34)/t24-/m1/s1. The van der Waals surface area contributed by atoms with Crippen LogP contribution in [-0.2, 0) is 28.8 Å². The van der Waals surface area contributed by atoms with E-state index in [1.54, 1.807) is 10.9 Å². The van der Waals surface area contributed by atoms with Gasteiger partial charge in [0.15, 0.2) is 0 Å². The highest BCUT2D eigenvalue weighted by Crippen LogP contribution is 2.26. The maximum Gasteiger partial charge on any atom is 0.305 e. The van der Waals surface area contributed by atoms with Gasteiger partial charge in [-0.3, -0.25) is 14.5 Å². The number of pyridine rings is 2. The Morgan fingerprint density at radius 3 is 2.86 bits per heavy atom. The number of carbonyl (C=O) groups is 1. The molecule has 3 aromatic rings. The van der Waals surface area contributed by atoms with Crippen molar-refractivity contribution in [2.24, 2.45) is 0 Å². The number of rotatable bonds is 9. The van der Waals surface area contributed by atoms with Crippen molar-refractivity contribution in [3.05, 3.63) is 65.4 Å². The van der Waals surface area contributed by atoms with E-state index in [9.17, 15) is 9.90 Å². The molecule has 9 nitrogen and oxygen atoms in total. The van der Waals surface area contributed by atoms with Crippen LogP contribution in [-0.4, -0.2) is 63.7 Å². The topological polar surface area (TPSA) is 105 Å². The van der Waals surface area contributed by atoms with E-state index in [0.717, 1.165) is 80.2 Å². The van der Waals surface area contributed by atoms with Gasteiger partial charge >= 0.3 is 5.97 Å². The number of anilines is 2. The van der Waals surface area contributed by atoms with E-state index in [0.29, 0.717) is 13.2 Å². The van der Waals surface area contributed by atoms with E-state index in [2.05, 4.69) is 27.3 Å². The Hall–Kier alpha value is -3.46. The van der Waals surface area contributed by atoms with Crippen molar-refractivity contribution < 1.29 is 14.6 Å². The summed E-state index contributed by atoms with van der Waals surface area (Å²) in [5.41, 5.74) is 5.17. The SMILES string of the molecule is O=C(O)C[C@H](c1cncc(N2CCOCC2)c1)n1ccc(CCCc2ccc3c(n2)NCCC3)n1. The van der Waals surface area contributed by atoms with Crippen molar-refractivity contribution in [1.29, 1.82) is 0 Å². The molecule has 0 spiro atoms. The summed E-state index contributed by atoms with van der Waals surface area (Å²) in [6.07, 6.45) is 10.3. The maximum atomic E-state index is 11.7. The van der Waals surface area contributed by atoms with Crippen LogP contribution in [0.5, 0.6) is 0 Å². The van der Waals surface area contributed by atoms with E-state index in [4.69, 9.17) is 14.8 Å². The van der Waals surface area contributed by atoms with Gasteiger partial charge in [-0.1, -0.05) is 6.07 Å². The first-order chi connectivity index (χ1) is 17.2. The molecule has 0 radical (unpaired) electrons. The van der Waals surface area contributed by atoms with Crippen molar-refractivity contribution in [3.63, 3.8) is 0 Å². The third-order valence-corrected chi connectivity index (χ3v) is 6.67. The summed E-state index contributed by atoms with van der Waals surface area (Å²) >= 11 is 0. The molecule has 3 aromatic heterocycles. The second-order valence-electron chi connectivity index (χ2n) is 9.17. The van der Waals surface area contributed by atoms with Gasteiger partial charge in [-0.05, 0) is 61.4 Å². The minimum Gasteiger partial charge on any atom is -0.481 e. The van der Waals surface area contributed by atoms with E-state index < -0.39 is 12.0 Å². The van der Waals surface area contributed by atoms with Gasteiger partial charge in [-0.25, -0.2) is 4.98 Å². The molecule has 2 aliphatic heterocycles. The summed E-state index contributed by atoms with van der Waals surface area (Å²) in [7, 11) is 0. The molecule has 2 aliphatic rings. The highest BCUT2D eigenvalue weighted by molar-refractivity contribution is 5.68. The van der Waals surface area contributed by atoms with E-state index in [1.807, 2.05) is 24.5 Å². The van der Waals surface area contributed by atoms with Crippen LogP contribution < -0.4 is 10.2 Å². The number of hydrogen-bond acceptors (Lipinski definition) is 7. The molecule has 2 N–H and O–H groups in total. The molecular weight excluding hydrogens is 444 g/mol. The molecule has 0 aliphatic carbocycles. The molecule has 1 saturated heterocycles. The van der Waals surface area contributed by atoms with E-state index >= 15 is 0 Å². The van der Waals surface area contributed by atoms with Gasteiger partial charge in [0.05, 0.1) is 43.3 Å². The van der Waals surface area contributed by atoms with E-state index in [-0.39, 0.29) is 6.42 Å². The van der Waals surface area contributed by atoms with Gasteiger partial charge in [0.25, 0.3) is 0 Å². The van der Waals surface area contributed by atoms with Gasteiger partial charge < -0.3 is 20.1 Å². The second-order valence-corrected chi connectivity index (χ2v) is 9.17. The first-order valence-corrected chi connectivity index (χ1v) is 12.4. The molecule has 9 heteroatoms. The molecule has 5 rings (SSSR count). The zero-order valence-electron chi connectivity index (χ0n) is 19.9. The molecule has 184 valence electrons. The van der Waals surface area contributed by atoms with Crippen LogP contribution in [0, 0.1) is 0 Å². The summed E-state index contributed by atoms with van der Waals surface area (Å²) in [6.45, 7) is 3.96. The van der Waals surface area contributed by atoms with Gasteiger partial charge in [-0.2, -0.15) is 5.10 Å². The lowest BCUT2D eigenvalue weighted by molar-refractivity contribution is -0.137. The molecule has 1 atom stereocenters. The molecular formula is C26H32N6O3. The summed E-state index contributed by atoms with van der Waals surface area (Å²) in [5.74, 6) is 0.165. The lowest BCUT2D eigenvalue weighted by Crippen LogP contribution is -2.36. The highest BCUT2D eigenvalue weighted by Gasteiger charge is 2.21. The molecule has 0 unspecified atom stereocenters. The fourth-order valence-electron chi connectivity index (χ4n) is 4.79. The lowest BCUT2D eigenvalue weighted by Gasteiger charge is -2.29. The quantitative estimate of drug-likeness (QED) is 0.485. The van der Waals surface area contributed by atoms with Crippen LogP contribution >= 0.6 is 0 Å². The monoisotopic (exact) mass is 476 g/mol. The Kier molecular flexibility index (Phi) is 7.23. The predicted molar refractivity (Wildman–Crippen MR) is 133 cm³/mol. The molecule has 0 saturated carbocycles. The number of morpholine rings is 1. The zero-order valence-corrected chi connectivity index (χ0v) is 19.9. The van der Waals surface area contributed by atoms with Gasteiger partial charge in [0.1, 0.15) is 5.82 Å². The van der Waals surface area contributed by atoms with Crippen LogP contribution in [0.2, 0.25) is 0 Å². The normalized spacial score (nSPS) is 16.4. The largest absolute Gasteiger partial charge is 0.481 e. The Morgan fingerprint density at radius 1 is 1.14 bits per heavy atom. The average Bonchev–Trinajstić information content (AvgIpc) is 3.36. The Morgan fingerprint density at radius 2 is 2.00 bits per heavy atom. The molecule has 1 fully saturated rings. The average molecular weight is 477 g/mol. The van der Waals surface area contributed by atoms with Crippen LogP contribution in [0.4, 0.5) is 11.5 Å². The first kappa shape index (κ1) is 23.3. The fourth-order valence-corrected chi connectivity index (χ4v) is 4.79. The van der Waals surface area contributed by atoms with Gasteiger partial charge in [-0.15, -0.1) is 0 Å². The molecule has 0 aromatic carbocycles. The minimum absolute atomic E-state index is 0.0542. The first-order valence-electron chi connectivity index (χ1n) is 12.4. The zero-order chi connectivity index (χ0) is 24.0. The lowest BCUT2D eigenvalue weighted by atomic mass is 10.1. The number of aliphatic carboxylic acids is 1. The summed E-state index contributed by atoms with van der Waals surface area (Å²) in [6, 6.07) is 7.91. The number of fused-ring (bicyclic) bond motifs is 1. The van der Waals surface area contributed by atoms with Crippen LogP contribution in [0.25, 0.3) is 0 Å². The molecule has 35 heavy (non-hydrogen) atoms. The number of ether oxygens (including phenoxy) is 1. The Bertz CT molecular complexity index is 1160. The van der Waals surface area contributed by atoms with Crippen LogP contribution in [0.1, 0.15) is 47.8 Å². The van der Waals surface area contributed by atoms with Crippen molar-refractivity contribution in [2.45, 2.75) is 44.6 Å². The number of carboxylic acids is 1. The third kappa shape index (κ3) is 5.79. The summed E-state index contributed by atoms with van der Waals surface area (Å²) in [5, 5.41) is 17.7. The summed E-state index contributed by atoms with van der Waals surface area (Å²) in [4.78, 5) is 23.1. The smallest absolute Gasteiger partial charge is 0.305 e. The van der Waals surface area contributed by atoms with Crippen molar-refractivity contribution in [2.75, 3.05) is 43.1 Å².